The van der Waals surface area contributed by atoms with Crippen LogP contribution in [0.4, 0.5) is 15.8 Å². The molecule has 2 aromatic carbocycles. The van der Waals surface area contributed by atoms with Crippen LogP contribution in [0.15, 0.2) is 36.4 Å². The lowest BCUT2D eigenvalue weighted by Gasteiger charge is -2.09. The minimum Gasteiger partial charge on any atom is -0.321 e. The molecular formula is C14H10FIN2O3. The van der Waals surface area contributed by atoms with E-state index in [0.717, 1.165) is 15.7 Å². The highest BCUT2D eigenvalue weighted by atomic mass is 127. The first-order chi connectivity index (χ1) is 9.90. The van der Waals surface area contributed by atoms with Crippen molar-refractivity contribution in [2.24, 2.45) is 0 Å². The van der Waals surface area contributed by atoms with Gasteiger partial charge in [0.15, 0.2) is 0 Å². The van der Waals surface area contributed by atoms with Crippen molar-refractivity contribution in [1.29, 1.82) is 0 Å². The monoisotopic (exact) mass is 400 g/mol. The molecule has 0 aliphatic heterocycles. The number of nitrogens with one attached hydrogen (secondary N) is 1. The van der Waals surface area contributed by atoms with E-state index in [1.807, 2.05) is 22.6 Å². The fourth-order valence-electron chi connectivity index (χ4n) is 1.77. The summed E-state index contributed by atoms with van der Waals surface area (Å²) in [5.74, 6) is -1.48. The standard InChI is InChI=1S/C14H10FIN2O3/c1-8-6-9(18(20)21)7-10(13(8)15)14(19)17-12-5-3-2-4-11(12)16/h2-7H,1H3,(H,17,19). The third-order valence-electron chi connectivity index (χ3n) is 2.82. The fraction of sp³-hybridized carbons (Fsp3) is 0.0714. The highest BCUT2D eigenvalue weighted by Crippen LogP contribution is 2.23. The van der Waals surface area contributed by atoms with Crippen molar-refractivity contribution in [3.8, 4) is 0 Å². The second kappa shape index (κ2) is 6.17. The Morgan fingerprint density at radius 3 is 2.62 bits per heavy atom. The van der Waals surface area contributed by atoms with Crippen LogP contribution in [0, 0.1) is 26.4 Å². The number of para-hydroxylation sites is 1. The highest BCUT2D eigenvalue weighted by Gasteiger charge is 2.20. The summed E-state index contributed by atoms with van der Waals surface area (Å²) in [6, 6.07) is 9.02. The number of nitro groups is 1. The maximum atomic E-state index is 14.0. The third kappa shape index (κ3) is 3.35. The maximum absolute atomic E-state index is 14.0. The number of nitrogens with zero attached hydrogens (tertiary/aromatic N) is 1. The summed E-state index contributed by atoms with van der Waals surface area (Å²) >= 11 is 2.03. The van der Waals surface area contributed by atoms with Crippen LogP contribution < -0.4 is 5.32 Å². The largest absolute Gasteiger partial charge is 0.321 e. The molecule has 7 heteroatoms. The van der Waals surface area contributed by atoms with Gasteiger partial charge in [-0.05, 0) is 47.2 Å². The van der Waals surface area contributed by atoms with E-state index in [0.29, 0.717) is 5.69 Å². The van der Waals surface area contributed by atoms with Crippen LogP contribution in [0.5, 0.6) is 0 Å². The molecule has 1 N–H and O–H groups in total. The van der Waals surface area contributed by atoms with Crippen molar-refractivity contribution >= 4 is 39.9 Å². The Morgan fingerprint density at radius 1 is 1.33 bits per heavy atom. The van der Waals surface area contributed by atoms with Crippen molar-refractivity contribution in [2.45, 2.75) is 6.92 Å². The molecule has 0 spiro atoms. The van der Waals surface area contributed by atoms with Gasteiger partial charge >= 0.3 is 0 Å². The number of non-ortho nitro benzene ring substituents is 1. The smallest absolute Gasteiger partial charge is 0.270 e. The molecule has 0 saturated carbocycles. The SMILES string of the molecule is Cc1cc([N+](=O)[O-])cc(C(=O)Nc2ccccc2I)c1F. The molecule has 2 aromatic rings. The van der Waals surface area contributed by atoms with E-state index < -0.39 is 16.6 Å². The molecule has 0 aromatic heterocycles. The lowest BCUT2D eigenvalue weighted by Crippen LogP contribution is -2.15. The minimum absolute atomic E-state index is 0.0529. The van der Waals surface area contributed by atoms with Crippen LogP contribution >= 0.6 is 22.6 Å². The Balaban J connectivity index is 2.39. The van der Waals surface area contributed by atoms with Crippen LogP contribution in [-0.2, 0) is 0 Å². The van der Waals surface area contributed by atoms with Gasteiger partial charge in [-0.15, -0.1) is 0 Å². The van der Waals surface area contributed by atoms with E-state index in [1.54, 1.807) is 24.3 Å². The van der Waals surface area contributed by atoms with E-state index in [1.165, 1.54) is 6.92 Å². The first-order valence-electron chi connectivity index (χ1n) is 5.90. The van der Waals surface area contributed by atoms with Gasteiger partial charge in [0.1, 0.15) is 5.82 Å². The molecule has 0 fully saturated rings. The third-order valence-corrected chi connectivity index (χ3v) is 3.76. The lowest BCUT2D eigenvalue weighted by molar-refractivity contribution is -0.385. The molecular weight excluding hydrogens is 390 g/mol. The number of halogens is 2. The summed E-state index contributed by atoms with van der Waals surface area (Å²) in [6.45, 7) is 1.38. The zero-order chi connectivity index (χ0) is 15.6. The number of carbonyl (C=O) groups is 1. The molecule has 0 atom stereocenters. The van der Waals surface area contributed by atoms with Crippen LogP contribution in [-0.4, -0.2) is 10.8 Å². The Morgan fingerprint density at radius 2 is 2.00 bits per heavy atom. The second-order valence-electron chi connectivity index (χ2n) is 4.32. The second-order valence-corrected chi connectivity index (χ2v) is 5.48. The number of anilines is 1. The molecule has 0 heterocycles. The number of carbonyl (C=O) groups excluding carboxylic acids is 1. The van der Waals surface area contributed by atoms with Crippen molar-refractivity contribution in [3.63, 3.8) is 0 Å². The van der Waals surface area contributed by atoms with E-state index in [2.05, 4.69) is 5.32 Å². The minimum atomic E-state index is -0.760. The molecule has 0 aliphatic rings. The number of hydrogen-bond acceptors (Lipinski definition) is 3. The topological polar surface area (TPSA) is 72.2 Å². The molecule has 1 amide bonds. The van der Waals surface area contributed by atoms with Crippen LogP contribution in [0.3, 0.4) is 0 Å². The van der Waals surface area contributed by atoms with Crippen molar-refractivity contribution < 1.29 is 14.1 Å². The average Bonchev–Trinajstić information content (AvgIpc) is 2.43. The highest BCUT2D eigenvalue weighted by molar-refractivity contribution is 14.1. The van der Waals surface area contributed by atoms with Crippen molar-refractivity contribution in [3.05, 3.63) is 67.0 Å². The number of rotatable bonds is 3. The van der Waals surface area contributed by atoms with Gasteiger partial charge in [-0.25, -0.2) is 4.39 Å². The predicted octanol–water partition coefficient (Wildman–Crippen LogP) is 3.90. The van der Waals surface area contributed by atoms with Crippen molar-refractivity contribution in [2.75, 3.05) is 5.32 Å². The van der Waals surface area contributed by atoms with Crippen LogP contribution in [0.2, 0.25) is 0 Å². The Labute approximate surface area is 133 Å². The number of nitro benzene ring substituents is 1. The molecule has 0 aliphatic carbocycles. The molecule has 108 valence electrons. The van der Waals surface area contributed by atoms with Gasteiger partial charge in [0.05, 0.1) is 16.2 Å². The lowest BCUT2D eigenvalue weighted by atomic mass is 10.1. The van der Waals surface area contributed by atoms with Gasteiger partial charge in [0, 0.05) is 15.7 Å². The first kappa shape index (κ1) is 15.4. The maximum Gasteiger partial charge on any atom is 0.270 e. The molecule has 21 heavy (non-hydrogen) atoms. The van der Waals surface area contributed by atoms with Crippen molar-refractivity contribution in [1.82, 2.24) is 0 Å². The summed E-state index contributed by atoms with van der Waals surface area (Å²) in [7, 11) is 0. The zero-order valence-corrected chi connectivity index (χ0v) is 13.0. The average molecular weight is 400 g/mol. The fourth-order valence-corrected chi connectivity index (χ4v) is 2.30. The summed E-state index contributed by atoms with van der Waals surface area (Å²) in [4.78, 5) is 22.3. The van der Waals surface area contributed by atoms with Crippen LogP contribution in [0.1, 0.15) is 15.9 Å². The Hall–Kier alpha value is -2.03. The number of benzene rings is 2. The van der Waals surface area contributed by atoms with E-state index in [-0.39, 0.29) is 16.8 Å². The Kier molecular flexibility index (Phi) is 4.51. The van der Waals surface area contributed by atoms with Crippen LogP contribution in [0.25, 0.3) is 0 Å². The molecule has 0 bridgehead atoms. The van der Waals surface area contributed by atoms with Gasteiger partial charge in [-0.3, -0.25) is 14.9 Å². The number of aryl methyl sites for hydroxylation is 1. The zero-order valence-electron chi connectivity index (χ0n) is 10.9. The Bertz CT molecular complexity index is 734. The van der Waals surface area contributed by atoms with E-state index >= 15 is 0 Å². The summed E-state index contributed by atoms with van der Waals surface area (Å²) < 4.78 is 14.8. The summed E-state index contributed by atoms with van der Waals surface area (Å²) in [5, 5.41) is 13.4. The van der Waals surface area contributed by atoms with Gasteiger partial charge in [0.2, 0.25) is 0 Å². The predicted molar refractivity (Wildman–Crippen MR) is 84.9 cm³/mol. The van der Waals surface area contributed by atoms with Gasteiger partial charge in [-0.1, -0.05) is 12.1 Å². The van der Waals surface area contributed by atoms with Gasteiger partial charge < -0.3 is 5.32 Å². The molecule has 0 saturated heterocycles. The summed E-state index contributed by atoms with van der Waals surface area (Å²) in [6.07, 6.45) is 0. The first-order valence-corrected chi connectivity index (χ1v) is 6.98. The normalized spacial score (nSPS) is 10.2. The molecule has 2 rings (SSSR count). The van der Waals surface area contributed by atoms with E-state index in [4.69, 9.17) is 0 Å². The van der Waals surface area contributed by atoms with Gasteiger partial charge in [0.25, 0.3) is 11.6 Å². The molecule has 0 unspecified atom stereocenters. The van der Waals surface area contributed by atoms with Gasteiger partial charge in [-0.2, -0.15) is 0 Å². The number of amides is 1. The van der Waals surface area contributed by atoms with E-state index in [9.17, 15) is 19.3 Å². The number of hydrogen-bond donors (Lipinski definition) is 1. The quantitative estimate of drug-likeness (QED) is 0.483. The summed E-state index contributed by atoms with van der Waals surface area (Å²) in [5.41, 5.74) is -0.0908. The molecule has 5 nitrogen and oxygen atoms in total. The molecule has 0 radical (unpaired) electrons.